The summed E-state index contributed by atoms with van der Waals surface area (Å²) in [6.07, 6.45) is 5.11. The van der Waals surface area contributed by atoms with Crippen molar-refractivity contribution >= 4 is 34.4 Å². The summed E-state index contributed by atoms with van der Waals surface area (Å²) in [5, 5.41) is 3.72. The third-order valence-electron chi connectivity index (χ3n) is 6.76. The van der Waals surface area contributed by atoms with E-state index in [0.717, 1.165) is 35.1 Å². The molecule has 1 saturated heterocycles. The number of aromatic amines is 1. The Bertz CT molecular complexity index is 1380. The summed E-state index contributed by atoms with van der Waals surface area (Å²) in [5.74, 6) is 0.617. The molecule has 0 atom stereocenters. The minimum Gasteiger partial charge on any atom is -0.373 e. The van der Waals surface area contributed by atoms with Crippen molar-refractivity contribution in [1.82, 2.24) is 25.2 Å². The van der Waals surface area contributed by atoms with Crippen LogP contribution in [0.2, 0.25) is 0 Å². The number of hydrogen-bond acceptors (Lipinski definition) is 6. The molecule has 2 N–H and O–H groups in total. The molecule has 0 bridgehead atoms. The number of nitrogens with one attached hydrogen (secondary N) is 2. The van der Waals surface area contributed by atoms with Crippen molar-refractivity contribution in [2.45, 2.75) is 32.5 Å². The van der Waals surface area contributed by atoms with Gasteiger partial charge in [-0.15, -0.1) is 0 Å². The molecule has 3 heterocycles. The zero-order chi connectivity index (χ0) is 26.3. The summed E-state index contributed by atoms with van der Waals surface area (Å²) in [6, 6.07) is 19.7. The molecule has 2 amide bonds. The first-order chi connectivity index (χ1) is 18.6. The van der Waals surface area contributed by atoms with Gasteiger partial charge in [-0.1, -0.05) is 36.4 Å². The Hall–Kier alpha value is -4.24. The number of hydrogen-bond donors (Lipinski definition) is 2. The minimum absolute atomic E-state index is 0.00430. The highest BCUT2D eigenvalue weighted by atomic mass is 16.5. The van der Waals surface area contributed by atoms with E-state index in [1.807, 2.05) is 64.5 Å². The molecular weight excluding hydrogens is 480 g/mol. The quantitative estimate of drug-likeness (QED) is 0.351. The molecule has 0 aliphatic carbocycles. The van der Waals surface area contributed by atoms with Gasteiger partial charge in [0, 0.05) is 50.6 Å². The van der Waals surface area contributed by atoms with E-state index in [2.05, 4.69) is 32.4 Å². The molecule has 9 nitrogen and oxygen atoms in total. The zero-order valence-electron chi connectivity index (χ0n) is 21.5. The smallest absolute Gasteiger partial charge is 0.253 e. The zero-order valence-corrected chi connectivity index (χ0v) is 21.5. The van der Waals surface area contributed by atoms with Crippen LogP contribution >= 0.6 is 0 Å². The van der Waals surface area contributed by atoms with Gasteiger partial charge in [0.15, 0.2) is 0 Å². The summed E-state index contributed by atoms with van der Waals surface area (Å²) in [7, 11) is 0. The molecule has 0 saturated carbocycles. The van der Waals surface area contributed by atoms with Gasteiger partial charge in [-0.3, -0.25) is 9.59 Å². The molecule has 0 unspecified atom stereocenters. The van der Waals surface area contributed by atoms with Gasteiger partial charge in [-0.25, -0.2) is 9.97 Å². The number of carbonyl (C=O) groups is 2. The molecule has 196 valence electrons. The van der Waals surface area contributed by atoms with E-state index in [-0.39, 0.29) is 17.9 Å². The fraction of sp³-hybridized carbons (Fsp3) is 0.310. The third kappa shape index (κ3) is 6.00. The minimum atomic E-state index is -0.0977. The molecule has 0 spiro atoms. The maximum absolute atomic E-state index is 13.5. The molecule has 0 radical (unpaired) electrons. The number of carbonyl (C=O) groups excluding carboxylic acids is 2. The van der Waals surface area contributed by atoms with Crippen LogP contribution in [-0.4, -0.2) is 63.9 Å². The van der Waals surface area contributed by atoms with Crippen LogP contribution in [0.5, 0.6) is 0 Å². The first-order valence-electron chi connectivity index (χ1n) is 12.9. The average molecular weight is 513 g/mol. The number of likely N-dealkylation sites (tertiary alicyclic amines) is 1. The molecular formula is C29H32N6O3. The summed E-state index contributed by atoms with van der Waals surface area (Å²) in [6.45, 7) is 4.32. The number of anilines is 2. The molecule has 2 aromatic heterocycles. The molecule has 1 fully saturated rings. The highest BCUT2D eigenvalue weighted by molar-refractivity contribution is 5.96. The van der Waals surface area contributed by atoms with Gasteiger partial charge in [0.1, 0.15) is 17.8 Å². The van der Waals surface area contributed by atoms with Crippen LogP contribution in [0.1, 0.15) is 35.7 Å². The summed E-state index contributed by atoms with van der Waals surface area (Å²) >= 11 is 0. The molecule has 1 aliphatic heterocycles. The fourth-order valence-electron chi connectivity index (χ4n) is 4.78. The van der Waals surface area contributed by atoms with E-state index in [0.29, 0.717) is 44.2 Å². The number of aromatic nitrogens is 3. The lowest BCUT2D eigenvalue weighted by Crippen LogP contribution is -2.41. The largest absolute Gasteiger partial charge is 0.373 e. The lowest BCUT2D eigenvalue weighted by Gasteiger charge is -2.32. The number of piperidine rings is 1. The van der Waals surface area contributed by atoms with Crippen LogP contribution in [0, 0.1) is 0 Å². The Morgan fingerprint density at radius 1 is 1.08 bits per heavy atom. The maximum Gasteiger partial charge on any atom is 0.253 e. The van der Waals surface area contributed by atoms with E-state index < -0.39 is 0 Å². The Kier molecular flexibility index (Phi) is 7.94. The van der Waals surface area contributed by atoms with Gasteiger partial charge < -0.3 is 24.8 Å². The molecule has 9 heteroatoms. The second-order valence-electron chi connectivity index (χ2n) is 9.41. The summed E-state index contributed by atoms with van der Waals surface area (Å²) < 4.78 is 6.10. The van der Waals surface area contributed by atoms with Crippen molar-refractivity contribution in [3.63, 3.8) is 0 Å². The van der Waals surface area contributed by atoms with Crippen LogP contribution in [0.4, 0.5) is 11.5 Å². The Morgan fingerprint density at radius 3 is 2.68 bits per heavy atom. The Balaban J connectivity index is 1.28. The lowest BCUT2D eigenvalue weighted by atomic mass is 10.1. The first-order valence-corrected chi connectivity index (χ1v) is 12.9. The summed E-state index contributed by atoms with van der Waals surface area (Å²) in [4.78, 5) is 40.8. The monoisotopic (exact) mass is 512 g/mol. The SMILES string of the molecule is CC(=O)NCCN(c1cccc(C(=O)N2CCC(OCc3ccccc3)CC2)c1)c1ncnc2[nH]ccc12. The second kappa shape index (κ2) is 11.9. The van der Waals surface area contributed by atoms with Crippen molar-refractivity contribution in [2.24, 2.45) is 0 Å². The standard InChI is InChI=1S/C29H32N6O3/c1-21(36)30-14-17-35(28-26-10-13-31-27(26)32-20-33-28)24-9-5-8-23(18-24)29(37)34-15-11-25(12-16-34)38-19-22-6-3-2-4-7-22/h2-10,13,18,20,25H,11-12,14-17,19H2,1H3,(H,30,36)(H,31,32,33). The molecule has 1 aliphatic rings. The predicted molar refractivity (Wildman–Crippen MR) is 146 cm³/mol. The number of benzene rings is 2. The second-order valence-corrected chi connectivity index (χ2v) is 9.41. The predicted octanol–water partition coefficient (Wildman–Crippen LogP) is 4.05. The van der Waals surface area contributed by atoms with Crippen LogP contribution < -0.4 is 10.2 Å². The van der Waals surface area contributed by atoms with Gasteiger partial charge in [0.05, 0.1) is 18.1 Å². The molecule has 5 rings (SSSR count). The van der Waals surface area contributed by atoms with Crippen LogP contribution in [0.25, 0.3) is 11.0 Å². The van der Waals surface area contributed by atoms with E-state index >= 15 is 0 Å². The third-order valence-corrected chi connectivity index (χ3v) is 6.76. The normalized spacial score (nSPS) is 14.0. The fourth-order valence-corrected chi connectivity index (χ4v) is 4.78. The molecule has 4 aromatic rings. The highest BCUT2D eigenvalue weighted by Crippen LogP contribution is 2.30. The number of H-pyrrole nitrogens is 1. The van der Waals surface area contributed by atoms with Crippen molar-refractivity contribution < 1.29 is 14.3 Å². The van der Waals surface area contributed by atoms with E-state index in [4.69, 9.17) is 4.74 Å². The number of nitrogens with zero attached hydrogens (tertiary/aromatic N) is 4. The van der Waals surface area contributed by atoms with Crippen molar-refractivity contribution in [2.75, 3.05) is 31.1 Å². The Labute approximate surface area is 221 Å². The van der Waals surface area contributed by atoms with Gasteiger partial charge in [-0.05, 0) is 42.7 Å². The highest BCUT2D eigenvalue weighted by Gasteiger charge is 2.25. The van der Waals surface area contributed by atoms with Gasteiger partial charge in [-0.2, -0.15) is 0 Å². The molecule has 2 aromatic carbocycles. The van der Waals surface area contributed by atoms with Crippen LogP contribution in [0.3, 0.4) is 0 Å². The number of ether oxygens (including phenoxy) is 1. The number of fused-ring (bicyclic) bond motifs is 1. The van der Waals surface area contributed by atoms with E-state index in [1.165, 1.54) is 13.3 Å². The number of rotatable bonds is 9. The van der Waals surface area contributed by atoms with Crippen LogP contribution in [0.15, 0.2) is 73.2 Å². The Morgan fingerprint density at radius 2 is 1.89 bits per heavy atom. The first kappa shape index (κ1) is 25.4. The maximum atomic E-state index is 13.5. The van der Waals surface area contributed by atoms with Crippen molar-refractivity contribution in [1.29, 1.82) is 0 Å². The van der Waals surface area contributed by atoms with Gasteiger partial charge in [0.2, 0.25) is 5.91 Å². The van der Waals surface area contributed by atoms with Gasteiger partial charge in [0.25, 0.3) is 5.91 Å². The lowest BCUT2D eigenvalue weighted by molar-refractivity contribution is -0.118. The van der Waals surface area contributed by atoms with E-state index in [9.17, 15) is 9.59 Å². The summed E-state index contributed by atoms with van der Waals surface area (Å²) in [5.41, 5.74) is 3.33. The number of amides is 2. The van der Waals surface area contributed by atoms with Crippen molar-refractivity contribution in [3.8, 4) is 0 Å². The van der Waals surface area contributed by atoms with Crippen molar-refractivity contribution in [3.05, 3.63) is 84.3 Å². The van der Waals surface area contributed by atoms with Gasteiger partial charge >= 0.3 is 0 Å². The van der Waals surface area contributed by atoms with E-state index in [1.54, 1.807) is 0 Å². The topological polar surface area (TPSA) is 103 Å². The van der Waals surface area contributed by atoms with Crippen LogP contribution in [-0.2, 0) is 16.1 Å². The average Bonchev–Trinajstić information content (AvgIpc) is 3.44. The molecule has 38 heavy (non-hydrogen) atoms.